The van der Waals surface area contributed by atoms with Crippen LogP contribution in [0.5, 0.6) is 5.75 Å². The number of ether oxygens (including phenoxy) is 2. The van der Waals surface area contributed by atoms with E-state index >= 15 is 0 Å². The van der Waals surface area contributed by atoms with Crippen LogP contribution in [0.15, 0.2) is 47.8 Å². The van der Waals surface area contributed by atoms with Gasteiger partial charge >= 0.3 is 0 Å². The van der Waals surface area contributed by atoms with Gasteiger partial charge < -0.3 is 25.8 Å². The van der Waals surface area contributed by atoms with Crippen LogP contribution in [0, 0.1) is 16.6 Å². The zero-order valence-corrected chi connectivity index (χ0v) is 19.2. The molecular formula is C24H29FN6O2. The van der Waals surface area contributed by atoms with Crippen molar-refractivity contribution in [3.8, 4) is 5.75 Å². The van der Waals surface area contributed by atoms with E-state index in [1.54, 1.807) is 38.5 Å². The number of benzene rings is 1. The zero-order chi connectivity index (χ0) is 24.1. The second-order valence-electron chi connectivity index (χ2n) is 7.53. The summed E-state index contributed by atoms with van der Waals surface area (Å²) in [6, 6.07) is 5.99. The third kappa shape index (κ3) is 4.97. The van der Waals surface area contributed by atoms with Gasteiger partial charge in [-0.1, -0.05) is 0 Å². The molecule has 1 aliphatic heterocycles. The molecular weight excluding hydrogens is 423 g/mol. The maximum atomic E-state index is 14.2. The molecule has 1 aromatic carbocycles. The van der Waals surface area contributed by atoms with Gasteiger partial charge in [0, 0.05) is 54.7 Å². The molecule has 33 heavy (non-hydrogen) atoms. The Morgan fingerprint density at radius 3 is 2.82 bits per heavy atom. The van der Waals surface area contributed by atoms with E-state index in [1.165, 1.54) is 19.2 Å². The van der Waals surface area contributed by atoms with Crippen molar-refractivity contribution in [2.24, 2.45) is 0 Å². The van der Waals surface area contributed by atoms with E-state index in [9.17, 15) is 4.39 Å². The molecule has 3 rings (SSSR count). The van der Waals surface area contributed by atoms with Crippen LogP contribution >= 0.6 is 0 Å². The minimum atomic E-state index is -0.603. The number of halogens is 1. The van der Waals surface area contributed by atoms with Crippen molar-refractivity contribution in [1.82, 2.24) is 15.6 Å². The average Bonchev–Trinajstić information content (AvgIpc) is 2.80. The topological polar surface area (TPSA) is 129 Å². The molecule has 1 aliphatic rings. The van der Waals surface area contributed by atoms with Gasteiger partial charge in [-0.2, -0.15) is 0 Å². The number of nitrogens with zero attached hydrogens (tertiary/aromatic N) is 1. The van der Waals surface area contributed by atoms with E-state index < -0.39 is 11.9 Å². The molecule has 0 amide bonds. The first kappa shape index (κ1) is 23.8. The Morgan fingerprint density at radius 2 is 2.15 bits per heavy atom. The summed E-state index contributed by atoms with van der Waals surface area (Å²) in [6.07, 6.45) is 2.90. The predicted octanol–water partition coefficient (Wildman–Crippen LogP) is 3.76. The van der Waals surface area contributed by atoms with Crippen molar-refractivity contribution in [2.75, 3.05) is 26.4 Å². The van der Waals surface area contributed by atoms with Crippen LogP contribution in [0.3, 0.4) is 0 Å². The fraction of sp³-hybridized carbons (Fsp3) is 0.292. The Bertz CT molecular complexity index is 1140. The minimum absolute atomic E-state index is 0.0511. The summed E-state index contributed by atoms with van der Waals surface area (Å²) in [6.45, 7) is 4.30. The van der Waals surface area contributed by atoms with Crippen molar-refractivity contribution in [3.05, 3.63) is 70.3 Å². The van der Waals surface area contributed by atoms with Crippen LogP contribution in [-0.4, -0.2) is 37.3 Å². The maximum absolute atomic E-state index is 14.2. The maximum Gasteiger partial charge on any atom is 0.211 e. The molecule has 174 valence electrons. The average molecular weight is 453 g/mol. The number of nitrogens with two attached hydrogens (primary N) is 1. The van der Waals surface area contributed by atoms with Crippen LogP contribution in [-0.2, 0) is 4.74 Å². The SMILES string of the molecule is CCN/C1=C(\C(=N)OC)C/C(=C/NC)C(=N)c2ccc(F)cc2[C@@H](C)Oc2cc1cnc2N. The first-order chi connectivity index (χ1) is 15.8. The summed E-state index contributed by atoms with van der Waals surface area (Å²) in [5.74, 6) is 0.0294. The first-order valence-electron chi connectivity index (χ1n) is 10.6. The third-order valence-electron chi connectivity index (χ3n) is 5.34. The predicted molar refractivity (Wildman–Crippen MR) is 128 cm³/mol. The van der Waals surface area contributed by atoms with Gasteiger partial charge in [-0.25, -0.2) is 9.37 Å². The normalized spacial score (nSPS) is 19.6. The third-order valence-corrected chi connectivity index (χ3v) is 5.34. The number of allylic oxidation sites excluding steroid dienone is 1. The number of fused-ring (bicyclic) bond motifs is 3. The Morgan fingerprint density at radius 1 is 1.39 bits per heavy atom. The Hall–Kier alpha value is -3.88. The van der Waals surface area contributed by atoms with Gasteiger partial charge in [0.25, 0.3) is 0 Å². The van der Waals surface area contributed by atoms with Crippen molar-refractivity contribution in [2.45, 2.75) is 26.4 Å². The number of rotatable bonds is 4. The highest BCUT2D eigenvalue weighted by Gasteiger charge is 2.25. The second kappa shape index (κ2) is 10.2. The standard InChI is InChI=1S/C24H29FN6O2/c1-5-30-22-15-9-20(23(27)31-12-15)33-13(2)18-10-16(25)6-7-17(18)21(26)14(11-29-3)8-19(22)24(28)32-4/h6-7,9-13,26,28-30H,5,8H2,1-4H3,(H2,27,31)/b14-11-,22-19-,26-21?,28-24?/t13-/m1/s1. The first-order valence-corrected chi connectivity index (χ1v) is 10.6. The van der Waals surface area contributed by atoms with E-state index in [-0.39, 0.29) is 23.8 Å². The van der Waals surface area contributed by atoms with Crippen LogP contribution in [0.25, 0.3) is 5.70 Å². The van der Waals surface area contributed by atoms with Crippen molar-refractivity contribution < 1.29 is 13.9 Å². The van der Waals surface area contributed by atoms with E-state index in [4.69, 9.17) is 26.0 Å². The highest BCUT2D eigenvalue weighted by atomic mass is 19.1. The summed E-state index contributed by atoms with van der Waals surface area (Å²) < 4.78 is 25.6. The number of aromatic nitrogens is 1. The van der Waals surface area contributed by atoms with E-state index in [2.05, 4.69) is 15.6 Å². The Labute approximate surface area is 192 Å². The molecule has 6 N–H and O–H groups in total. The lowest BCUT2D eigenvalue weighted by molar-refractivity contribution is 0.227. The lowest BCUT2D eigenvalue weighted by Gasteiger charge is -2.24. The number of hydrogen-bond acceptors (Lipinski definition) is 8. The van der Waals surface area contributed by atoms with Crippen molar-refractivity contribution >= 4 is 23.1 Å². The summed E-state index contributed by atoms with van der Waals surface area (Å²) in [5, 5.41) is 23.7. The smallest absolute Gasteiger partial charge is 0.211 e. The molecule has 2 heterocycles. The highest BCUT2D eigenvalue weighted by Crippen LogP contribution is 2.34. The lowest BCUT2D eigenvalue weighted by atomic mass is 9.90. The van der Waals surface area contributed by atoms with Crippen LogP contribution in [0.1, 0.15) is 43.1 Å². The monoisotopic (exact) mass is 452 g/mol. The number of nitrogen functional groups attached to an aromatic ring is 1. The molecule has 8 nitrogen and oxygen atoms in total. The summed E-state index contributed by atoms with van der Waals surface area (Å²) in [5.41, 5.74) is 9.69. The zero-order valence-electron chi connectivity index (χ0n) is 19.2. The molecule has 0 saturated carbocycles. The van der Waals surface area contributed by atoms with E-state index in [0.717, 1.165) is 0 Å². The molecule has 0 spiro atoms. The van der Waals surface area contributed by atoms with Crippen molar-refractivity contribution in [3.63, 3.8) is 0 Å². The highest BCUT2D eigenvalue weighted by molar-refractivity contribution is 6.13. The van der Waals surface area contributed by atoms with Gasteiger partial charge in [0.15, 0.2) is 11.6 Å². The largest absolute Gasteiger partial charge is 0.482 e. The van der Waals surface area contributed by atoms with Gasteiger partial charge in [-0.05, 0) is 43.7 Å². The van der Waals surface area contributed by atoms with Gasteiger partial charge in [-0.15, -0.1) is 0 Å². The second-order valence-corrected chi connectivity index (χ2v) is 7.53. The lowest BCUT2D eigenvalue weighted by Crippen LogP contribution is -2.22. The molecule has 1 aromatic heterocycles. The summed E-state index contributed by atoms with van der Waals surface area (Å²) in [7, 11) is 3.16. The molecule has 0 fully saturated rings. The molecule has 2 aromatic rings. The van der Waals surface area contributed by atoms with Gasteiger partial charge in [0.05, 0.1) is 18.5 Å². The fourth-order valence-corrected chi connectivity index (χ4v) is 3.75. The number of nitrogens with one attached hydrogen (secondary N) is 4. The fourth-order valence-electron chi connectivity index (χ4n) is 3.75. The summed E-state index contributed by atoms with van der Waals surface area (Å²) >= 11 is 0. The van der Waals surface area contributed by atoms with E-state index in [1.807, 2.05) is 6.92 Å². The minimum Gasteiger partial charge on any atom is -0.482 e. The van der Waals surface area contributed by atoms with Gasteiger partial charge in [-0.3, -0.25) is 10.8 Å². The molecule has 1 atom stereocenters. The molecule has 2 bridgehead atoms. The van der Waals surface area contributed by atoms with Gasteiger partial charge in [0.2, 0.25) is 5.90 Å². The molecule has 0 unspecified atom stereocenters. The summed E-state index contributed by atoms with van der Waals surface area (Å²) in [4.78, 5) is 4.28. The number of hydrogen-bond donors (Lipinski definition) is 5. The molecule has 0 saturated heterocycles. The Kier molecular flexibility index (Phi) is 7.32. The Balaban J connectivity index is 2.36. The van der Waals surface area contributed by atoms with Crippen LogP contribution in [0.4, 0.5) is 10.2 Å². The molecule has 9 heteroatoms. The molecule has 0 radical (unpaired) electrons. The number of methoxy groups -OCH3 is 1. The number of anilines is 1. The van der Waals surface area contributed by atoms with Gasteiger partial charge in [0.1, 0.15) is 11.9 Å². The quantitative estimate of drug-likeness (QED) is 0.355. The molecule has 0 aliphatic carbocycles. The van der Waals surface area contributed by atoms with Crippen LogP contribution < -0.4 is 21.1 Å². The van der Waals surface area contributed by atoms with Crippen LogP contribution in [0.2, 0.25) is 0 Å². The van der Waals surface area contributed by atoms with E-state index in [0.29, 0.717) is 45.8 Å². The number of pyridine rings is 1. The van der Waals surface area contributed by atoms with Crippen molar-refractivity contribution in [1.29, 1.82) is 10.8 Å².